The summed E-state index contributed by atoms with van der Waals surface area (Å²) in [5, 5.41) is 8.48. The monoisotopic (exact) mass is 508 g/mol. The first-order valence-corrected chi connectivity index (χ1v) is 13.2. The fourth-order valence-electron chi connectivity index (χ4n) is 4.72. The Morgan fingerprint density at radius 2 is 1.66 bits per heavy atom. The Kier molecular flexibility index (Phi) is 7.50. The molecule has 6 heteroatoms. The predicted molar refractivity (Wildman–Crippen MR) is 143 cm³/mol. The molecule has 0 radical (unpaired) electrons. The van der Waals surface area contributed by atoms with Crippen molar-refractivity contribution in [1.82, 2.24) is 5.01 Å². The lowest BCUT2D eigenvalue weighted by Crippen LogP contribution is -2.33. The molecule has 2 aliphatic heterocycles. The van der Waals surface area contributed by atoms with E-state index in [0.29, 0.717) is 10.0 Å². The number of fused-ring (bicyclic) bond motifs is 3. The van der Waals surface area contributed by atoms with Crippen LogP contribution in [0.5, 0.6) is 11.5 Å². The third-order valence-electron chi connectivity index (χ3n) is 6.61. The number of nitrogens with zero attached hydrogens (tertiary/aromatic N) is 2. The summed E-state index contributed by atoms with van der Waals surface area (Å²) >= 11 is 12.5. The minimum Gasteiger partial charge on any atom is -0.494 e. The second-order valence-electron chi connectivity index (χ2n) is 9.14. The fourth-order valence-corrected chi connectivity index (χ4v) is 5.03. The van der Waals surface area contributed by atoms with Crippen molar-refractivity contribution in [3.8, 4) is 11.5 Å². The van der Waals surface area contributed by atoms with Gasteiger partial charge in [-0.15, -0.1) is 0 Å². The average molecular weight is 509 g/mol. The van der Waals surface area contributed by atoms with Gasteiger partial charge in [-0.05, 0) is 66.6 Å². The van der Waals surface area contributed by atoms with Gasteiger partial charge in [0.25, 0.3) is 0 Å². The zero-order valence-electron chi connectivity index (χ0n) is 19.9. The van der Waals surface area contributed by atoms with E-state index in [1.165, 1.54) is 25.7 Å². The Bertz CT molecular complexity index is 1180. The maximum Gasteiger partial charge on any atom is 0.213 e. The van der Waals surface area contributed by atoms with Crippen LogP contribution in [0, 0.1) is 0 Å². The molecule has 182 valence electrons. The van der Waals surface area contributed by atoms with Crippen LogP contribution in [0.1, 0.15) is 74.4 Å². The van der Waals surface area contributed by atoms with Crippen molar-refractivity contribution in [2.45, 2.75) is 57.7 Å². The summed E-state index contributed by atoms with van der Waals surface area (Å²) in [7, 11) is 0. The summed E-state index contributed by atoms with van der Waals surface area (Å²) in [5.74, 6) is 1.73. The maximum atomic E-state index is 6.46. The van der Waals surface area contributed by atoms with E-state index in [2.05, 4.69) is 24.1 Å². The van der Waals surface area contributed by atoms with Gasteiger partial charge in [0.05, 0.1) is 18.4 Å². The Morgan fingerprint density at radius 3 is 2.43 bits per heavy atom. The highest BCUT2D eigenvalue weighted by Gasteiger charge is 2.41. The minimum atomic E-state index is -0.332. The zero-order chi connectivity index (χ0) is 24.2. The van der Waals surface area contributed by atoms with Crippen LogP contribution < -0.4 is 9.47 Å². The van der Waals surface area contributed by atoms with Crippen LogP contribution in [0.15, 0.2) is 71.8 Å². The van der Waals surface area contributed by atoms with Gasteiger partial charge in [-0.1, -0.05) is 67.9 Å². The predicted octanol–water partition coefficient (Wildman–Crippen LogP) is 8.58. The molecule has 2 atom stereocenters. The lowest BCUT2D eigenvalue weighted by atomic mass is 9.96. The molecular weight excluding hydrogens is 479 g/mol. The number of ether oxygens (including phenoxy) is 2. The number of hydrogen-bond acceptors (Lipinski definition) is 4. The largest absolute Gasteiger partial charge is 0.494 e. The van der Waals surface area contributed by atoms with Gasteiger partial charge in [0.1, 0.15) is 11.5 Å². The quantitative estimate of drug-likeness (QED) is 0.271. The van der Waals surface area contributed by atoms with Gasteiger partial charge in [0.15, 0.2) is 0 Å². The van der Waals surface area contributed by atoms with Gasteiger partial charge in [-0.3, -0.25) is 0 Å². The Labute approximate surface area is 217 Å². The van der Waals surface area contributed by atoms with Crippen LogP contribution in [-0.2, 0) is 0 Å². The topological polar surface area (TPSA) is 34.1 Å². The summed E-state index contributed by atoms with van der Waals surface area (Å²) in [6, 6.07) is 21.9. The normalized spacial score (nSPS) is 18.5. The van der Waals surface area contributed by atoms with Crippen LogP contribution >= 0.6 is 23.2 Å². The lowest BCUT2D eigenvalue weighted by Gasteiger charge is -2.38. The van der Waals surface area contributed by atoms with E-state index in [1.54, 1.807) is 0 Å². The van der Waals surface area contributed by atoms with E-state index in [4.69, 9.17) is 37.8 Å². The summed E-state index contributed by atoms with van der Waals surface area (Å²) in [6.45, 7) is 2.98. The van der Waals surface area contributed by atoms with Crippen LogP contribution in [-0.4, -0.2) is 17.3 Å². The van der Waals surface area contributed by atoms with E-state index >= 15 is 0 Å². The lowest BCUT2D eigenvalue weighted by molar-refractivity contribution is -0.0190. The average Bonchev–Trinajstić information content (AvgIpc) is 3.32. The van der Waals surface area contributed by atoms with Gasteiger partial charge in [-0.25, -0.2) is 5.01 Å². The maximum absolute atomic E-state index is 6.46. The van der Waals surface area contributed by atoms with E-state index in [-0.39, 0.29) is 12.3 Å². The Hall–Kier alpha value is -2.69. The molecule has 35 heavy (non-hydrogen) atoms. The van der Waals surface area contributed by atoms with Gasteiger partial charge < -0.3 is 9.47 Å². The van der Waals surface area contributed by atoms with E-state index < -0.39 is 0 Å². The number of hydrogen-bond donors (Lipinski definition) is 0. The second-order valence-corrected chi connectivity index (χ2v) is 10.0. The number of benzene rings is 3. The van der Waals surface area contributed by atoms with Crippen LogP contribution in [0.2, 0.25) is 10.0 Å². The van der Waals surface area contributed by atoms with Gasteiger partial charge in [-0.2, -0.15) is 5.10 Å². The summed E-state index contributed by atoms with van der Waals surface area (Å²) in [6.07, 6.45) is 6.58. The third kappa shape index (κ3) is 5.44. The first kappa shape index (κ1) is 24.0. The number of unbranched alkanes of at least 4 members (excludes halogenated alkanes) is 4. The summed E-state index contributed by atoms with van der Waals surface area (Å²) < 4.78 is 12.4. The highest BCUT2D eigenvalue weighted by Crippen LogP contribution is 2.48. The highest BCUT2D eigenvalue weighted by molar-refractivity contribution is 6.31. The summed E-state index contributed by atoms with van der Waals surface area (Å²) in [4.78, 5) is 0. The van der Waals surface area contributed by atoms with E-state index in [9.17, 15) is 0 Å². The van der Waals surface area contributed by atoms with E-state index in [0.717, 1.165) is 53.3 Å². The molecule has 3 aromatic rings. The standard InChI is InChI=1S/C29H30Cl2N2O2/c1-2-3-4-5-6-17-34-24-14-9-21(10-15-24)29-33-27(25-18-23(31)13-16-28(25)35-29)19-26(32-33)20-7-11-22(30)12-8-20/h7-16,18,27,29H,2-6,17,19H2,1H3. The summed E-state index contributed by atoms with van der Waals surface area (Å²) in [5.41, 5.74) is 4.17. The molecule has 0 bridgehead atoms. The van der Waals surface area contributed by atoms with E-state index in [1.807, 2.05) is 54.6 Å². The smallest absolute Gasteiger partial charge is 0.213 e. The van der Waals surface area contributed by atoms with Crippen LogP contribution in [0.3, 0.4) is 0 Å². The molecule has 0 aliphatic carbocycles. The fraction of sp³-hybridized carbons (Fsp3) is 0.345. The molecular formula is C29H30Cl2N2O2. The Balaban J connectivity index is 1.36. The number of hydrazone groups is 1. The molecule has 0 fully saturated rings. The highest BCUT2D eigenvalue weighted by atomic mass is 35.5. The molecule has 3 aromatic carbocycles. The van der Waals surface area contributed by atoms with Crippen molar-refractivity contribution < 1.29 is 9.47 Å². The molecule has 5 rings (SSSR count). The molecule has 0 spiro atoms. The molecule has 0 N–H and O–H groups in total. The van der Waals surface area contributed by atoms with Crippen LogP contribution in [0.4, 0.5) is 0 Å². The first-order valence-electron chi connectivity index (χ1n) is 12.4. The number of halogens is 2. The minimum absolute atomic E-state index is 0.0483. The van der Waals surface area contributed by atoms with Crippen molar-refractivity contribution in [2.75, 3.05) is 6.61 Å². The van der Waals surface area contributed by atoms with Crippen molar-refractivity contribution in [2.24, 2.45) is 5.10 Å². The van der Waals surface area contributed by atoms with Gasteiger partial charge in [0, 0.05) is 27.6 Å². The molecule has 2 aliphatic rings. The third-order valence-corrected chi connectivity index (χ3v) is 7.10. The molecule has 0 aromatic heterocycles. The molecule has 4 nitrogen and oxygen atoms in total. The molecule has 0 saturated carbocycles. The van der Waals surface area contributed by atoms with Crippen molar-refractivity contribution in [1.29, 1.82) is 0 Å². The molecule has 2 unspecified atom stereocenters. The van der Waals surface area contributed by atoms with Crippen molar-refractivity contribution in [3.63, 3.8) is 0 Å². The Morgan fingerprint density at radius 1 is 0.914 bits per heavy atom. The van der Waals surface area contributed by atoms with Gasteiger partial charge >= 0.3 is 0 Å². The molecule has 0 amide bonds. The second kappa shape index (κ2) is 10.9. The first-order chi connectivity index (χ1) is 17.1. The molecule has 0 saturated heterocycles. The molecule has 2 heterocycles. The van der Waals surface area contributed by atoms with Crippen LogP contribution in [0.25, 0.3) is 0 Å². The number of rotatable bonds is 9. The SMILES string of the molecule is CCCCCCCOc1ccc(C2Oc3ccc(Cl)cc3C3CC(c4ccc(Cl)cc4)=NN32)cc1. The van der Waals surface area contributed by atoms with Gasteiger partial charge in [0.2, 0.25) is 6.23 Å². The van der Waals surface area contributed by atoms with Crippen molar-refractivity contribution >= 4 is 28.9 Å². The van der Waals surface area contributed by atoms with Crippen molar-refractivity contribution in [3.05, 3.63) is 93.5 Å². The zero-order valence-corrected chi connectivity index (χ0v) is 21.4.